The van der Waals surface area contributed by atoms with E-state index >= 15 is 0 Å². The van der Waals surface area contributed by atoms with Gasteiger partial charge in [-0.25, -0.2) is 4.79 Å². The smallest absolute Gasteiger partial charge is 0.412 e. The third kappa shape index (κ3) is 5.24. The summed E-state index contributed by atoms with van der Waals surface area (Å²) in [6, 6.07) is 7.98. The van der Waals surface area contributed by atoms with Gasteiger partial charge in [0.15, 0.2) is 0 Å². The van der Waals surface area contributed by atoms with Crippen LogP contribution in [0.2, 0.25) is 0 Å². The van der Waals surface area contributed by atoms with E-state index in [-0.39, 0.29) is 0 Å². The molecule has 17 heavy (non-hydrogen) atoms. The third-order valence-electron chi connectivity index (χ3n) is 1.72. The van der Waals surface area contributed by atoms with Crippen molar-refractivity contribution < 1.29 is 14.3 Å². The molecule has 1 radical (unpaired) electrons. The van der Waals surface area contributed by atoms with Gasteiger partial charge in [0, 0.05) is 11.8 Å². The quantitative estimate of drug-likeness (QED) is 0.876. The molecule has 0 spiro atoms. The molecule has 0 aliphatic heterocycles. The average molecular weight is 236 g/mol. The normalized spacial score (nSPS) is 10.8. The van der Waals surface area contributed by atoms with E-state index in [0.29, 0.717) is 18.0 Å². The topological polar surface area (TPSA) is 47.6 Å². The van der Waals surface area contributed by atoms with Crippen molar-refractivity contribution in [3.05, 3.63) is 24.3 Å². The van der Waals surface area contributed by atoms with Crippen LogP contribution in [0.15, 0.2) is 18.2 Å². The summed E-state index contributed by atoms with van der Waals surface area (Å²) in [7, 11) is 0. The lowest BCUT2D eigenvalue weighted by Gasteiger charge is -2.19. The predicted octanol–water partition coefficient (Wildman–Crippen LogP) is 3.23. The minimum absolute atomic E-state index is 0.487. The van der Waals surface area contributed by atoms with E-state index in [1.54, 1.807) is 18.2 Å². The molecule has 1 N–H and O–H groups in total. The highest BCUT2D eigenvalue weighted by atomic mass is 16.6. The molecule has 0 unspecified atom stereocenters. The number of hydrogen-bond donors (Lipinski definition) is 1. The van der Waals surface area contributed by atoms with Crippen molar-refractivity contribution in [3.8, 4) is 5.75 Å². The lowest BCUT2D eigenvalue weighted by Crippen LogP contribution is -2.27. The number of rotatable bonds is 3. The van der Waals surface area contributed by atoms with E-state index in [2.05, 4.69) is 11.4 Å². The first-order valence-electron chi connectivity index (χ1n) is 5.54. The summed E-state index contributed by atoms with van der Waals surface area (Å²) in [4.78, 5) is 11.5. The average Bonchev–Trinajstić information content (AvgIpc) is 2.15. The molecular weight excluding hydrogens is 218 g/mol. The number of benzene rings is 1. The standard InChI is InChI=1S/C13H18NO3/c1-5-16-11-8-6-7-10(9-11)14-12(15)17-13(2,3)4/h7-9H,5H2,1-4H3,(H,14,15). The molecule has 1 aromatic carbocycles. The maximum atomic E-state index is 11.5. The van der Waals surface area contributed by atoms with Crippen LogP contribution < -0.4 is 10.1 Å². The van der Waals surface area contributed by atoms with Crippen LogP contribution in [-0.2, 0) is 4.74 Å². The second-order valence-corrected chi connectivity index (χ2v) is 4.52. The van der Waals surface area contributed by atoms with Crippen molar-refractivity contribution in [2.24, 2.45) is 0 Å². The zero-order chi connectivity index (χ0) is 12.9. The summed E-state index contributed by atoms with van der Waals surface area (Å²) in [6.45, 7) is 7.91. The van der Waals surface area contributed by atoms with Crippen LogP contribution in [0.3, 0.4) is 0 Å². The molecule has 93 valence electrons. The second-order valence-electron chi connectivity index (χ2n) is 4.52. The van der Waals surface area contributed by atoms with E-state index in [1.807, 2.05) is 27.7 Å². The maximum Gasteiger partial charge on any atom is 0.412 e. The number of carbonyl (C=O) groups is 1. The number of ether oxygens (including phenoxy) is 2. The zero-order valence-electron chi connectivity index (χ0n) is 10.7. The zero-order valence-corrected chi connectivity index (χ0v) is 10.7. The van der Waals surface area contributed by atoms with Crippen molar-refractivity contribution in [1.29, 1.82) is 0 Å². The molecule has 4 nitrogen and oxygen atoms in total. The van der Waals surface area contributed by atoms with Gasteiger partial charge in [-0.05, 0) is 45.9 Å². The number of carbonyl (C=O) groups excluding carboxylic acids is 1. The first-order valence-corrected chi connectivity index (χ1v) is 5.54. The van der Waals surface area contributed by atoms with Crippen LogP contribution in [0.1, 0.15) is 27.7 Å². The molecule has 1 rings (SSSR count). The lowest BCUT2D eigenvalue weighted by atomic mass is 10.2. The third-order valence-corrected chi connectivity index (χ3v) is 1.72. The van der Waals surface area contributed by atoms with E-state index < -0.39 is 11.7 Å². The van der Waals surface area contributed by atoms with Gasteiger partial charge in [-0.15, -0.1) is 0 Å². The van der Waals surface area contributed by atoms with E-state index in [0.717, 1.165) is 0 Å². The van der Waals surface area contributed by atoms with E-state index in [9.17, 15) is 4.79 Å². The van der Waals surface area contributed by atoms with Gasteiger partial charge in [0.25, 0.3) is 0 Å². The largest absolute Gasteiger partial charge is 0.494 e. The van der Waals surface area contributed by atoms with Gasteiger partial charge in [-0.1, -0.05) is 0 Å². The van der Waals surface area contributed by atoms with E-state index in [1.165, 1.54) is 0 Å². The van der Waals surface area contributed by atoms with Gasteiger partial charge in [-0.3, -0.25) is 5.32 Å². The fraction of sp³-hybridized carbons (Fsp3) is 0.462. The van der Waals surface area contributed by atoms with Gasteiger partial charge < -0.3 is 9.47 Å². The van der Waals surface area contributed by atoms with Crippen LogP contribution in [0, 0.1) is 6.07 Å². The fourth-order valence-electron chi connectivity index (χ4n) is 1.19. The highest BCUT2D eigenvalue weighted by molar-refractivity contribution is 5.85. The Morgan fingerprint density at radius 1 is 1.41 bits per heavy atom. The first kappa shape index (κ1) is 13.4. The van der Waals surface area contributed by atoms with Crippen molar-refractivity contribution >= 4 is 11.8 Å². The van der Waals surface area contributed by atoms with Crippen molar-refractivity contribution in [1.82, 2.24) is 0 Å². The van der Waals surface area contributed by atoms with Crippen LogP contribution in [0.5, 0.6) is 5.75 Å². The molecule has 0 aliphatic rings. The Kier molecular flexibility index (Phi) is 4.37. The summed E-state index contributed by atoms with van der Waals surface area (Å²) in [5.74, 6) is 0.668. The lowest BCUT2D eigenvalue weighted by molar-refractivity contribution is 0.0636. The van der Waals surface area contributed by atoms with Gasteiger partial charge in [0.2, 0.25) is 0 Å². The number of anilines is 1. The fourth-order valence-corrected chi connectivity index (χ4v) is 1.19. The van der Waals surface area contributed by atoms with Crippen molar-refractivity contribution in [2.75, 3.05) is 11.9 Å². The molecule has 0 saturated heterocycles. The van der Waals surface area contributed by atoms with Crippen LogP contribution in [0.25, 0.3) is 0 Å². The molecule has 0 aromatic heterocycles. The molecule has 0 fully saturated rings. The van der Waals surface area contributed by atoms with Crippen molar-refractivity contribution in [3.63, 3.8) is 0 Å². The Labute approximate surface area is 102 Å². The highest BCUT2D eigenvalue weighted by Crippen LogP contribution is 2.17. The van der Waals surface area contributed by atoms with Crippen LogP contribution >= 0.6 is 0 Å². The Morgan fingerprint density at radius 2 is 2.12 bits per heavy atom. The molecule has 0 heterocycles. The van der Waals surface area contributed by atoms with Crippen LogP contribution in [0.4, 0.5) is 10.5 Å². The molecular formula is C13H18NO3. The summed E-state index contributed by atoms with van der Waals surface area (Å²) in [5.41, 5.74) is 0.0934. The van der Waals surface area contributed by atoms with E-state index in [4.69, 9.17) is 9.47 Å². The van der Waals surface area contributed by atoms with Gasteiger partial charge in [0.1, 0.15) is 11.4 Å². The molecule has 1 aromatic rings. The number of hydrogen-bond acceptors (Lipinski definition) is 3. The monoisotopic (exact) mass is 236 g/mol. The summed E-state index contributed by atoms with van der Waals surface area (Å²) in [5, 5.41) is 2.62. The van der Waals surface area contributed by atoms with Crippen molar-refractivity contribution in [2.45, 2.75) is 33.3 Å². The predicted molar refractivity (Wildman–Crippen MR) is 66.3 cm³/mol. The SMILES string of the molecule is CCOc1c[c]cc(NC(=O)OC(C)(C)C)c1. The molecule has 0 bridgehead atoms. The first-order chi connectivity index (χ1) is 7.90. The Balaban J connectivity index is 2.62. The highest BCUT2D eigenvalue weighted by Gasteiger charge is 2.16. The number of amides is 1. The molecule has 0 aliphatic carbocycles. The second kappa shape index (κ2) is 5.57. The molecule has 0 saturated carbocycles. The summed E-state index contributed by atoms with van der Waals surface area (Å²) >= 11 is 0. The summed E-state index contributed by atoms with van der Waals surface area (Å²) < 4.78 is 10.4. The Bertz CT molecular complexity index is 382. The van der Waals surface area contributed by atoms with Crippen LogP contribution in [-0.4, -0.2) is 18.3 Å². The minimum atomic E-state index is -0.509. The molecule has 4 heteroatoms. The number of nitrogens with one attached hydrogen (secondary N) is 1. The van der Waals surface area contributed by atoms with Gasteiger partial charge >= 0.3 is 6.09 Å². The minimum Gasteiger partial charge on any atom is -0.494 e. The Hall–Kier alpha value is -1.71. The maximum absolute atomic E-state index is 11.5. The van der Waals surface area contributed by atoms with Gasteiger partial charge in [0.05, 0.1) is 6.61 Å². The Morgan fingerprint density at radius 3 is 2.71 bits per heavy atom. The molecule has 0 atom stereocenters. The summed E-state index contributed by atoms with van der Waals surface area (Å²) in [6.07, 6.45) is -0.487. The van der Waals surface area contributed by atoms with Gasteiger partial charge in [-0.2, -0.15) is 0 Å². The molecule has 1 amide bonds.